The number of carbonyl (C=O) groups is 1. The highest BCUT2D eigenvalue weighted by Gasteiger charge is 2.38. The fourth-order valence-corrected chi connectivity index (χ4v) is 6.47. The van der Waals surface area contributed by atoms with Gasteiger partial charge in [0.2, 0.25) is 0 Å². The molecule has 1 amide bonds. The van der Waals surface area contributed by atoms with Gasteiger partial charge in [0.15, 0.2) is 5.83 Å². The van der Waals surface area contributed by atoms with Crippen molar-refractivity contribution in [3.8, 4) is 12.1 Å². The summed E-state index contributed by atoms with van der Waals surface area (Å²) in [5.41, 5.74) is 1.04. The minimum Gasteiger partial charge on any atom is -0.463 e. The molecular formula is C31H38F3N7O3. The van der Waals surface area contributed by atoms with Gasteiger partial charge in [-0.15, -0.1) is 0 Å². The van der Waals surface area contributed by atoms with Crippen LogP contribution in [-0.4, -0.2) is 98.4 Å². The van der Waals surface area contributed by atoms with Gasteiger partial charge in [-0.05, 0) is 45.5 Å². The highest BCUT2D eigenvalue weighted by atomic mass is 19.1. The van der Waals surface area contributed by atoms with Crippen molar-refractivity contribution >= 4 is 17.4 Å². The largest absolute Gasteiger partial charge is 0.463 e. The zero-order chi connectivity index (χ0) is 31.4. The Labute approximate surface area is 255 Å². The van der Waals surface area contributed by atoms with Crippen LogP contribution in [-0.2, 0) is 22.5 Å². The molecule has 1 unspecified atom stereocenters. The van der Waals surface area contributed by atoms with Crippen molar-refractivity contribution in [3.05, 3.63) is 53.5 Å². The molecule has 2 aromatic rings. The summed E-state index contributed by atoms with van der Waals surface area (Å²) in [5, 5.41) is 9.48. The second-order valence-corrected chi connectivity index (χ2v) is 12.0. The lowest BCUT2D eigenvalue weighted by molar-refractivity contribution is -0.131. The molecule has 3 aliphatic heterocycles. The number of halogens is 3. The normalized spacial score (nSPS) is 22.0. The first-order valence-electron chi connectivity index (χ1n) is 14.8. The summed E-state index contributed by atoms with van der Waals surface area (Å²) < 4.78 is 55.5. The third-order valence-electron chi connectivity index (χ3n) is 8.45. The fourth-order valence-electron chi connectivity index (χ4n) is 6.47. The van der Waals surface area contributed by atoms with E-state index in [-0.39, 0.29) is 43.2 Å². The summed E-state index contributed by atoms with van der Waals surface area (Å²) >= 11 is 0. The number of amides is 1. The number of nitriles is 1. The Bertz CT molecular complexity index is 1410. The van der Waals surface area contributed by atoms with Crippen LogP contribution in [0, 0.1) is 28.4 Å². The molecule has 0 saturated carbocycles. The number of nitrogens with zero attached hydrogens (tertiary/aromatic N) is 7. The van der Waals surface area contributed by atoms with Crippen LogP contribution < -0.4 is 14.5 Å². The van der Waals surface area contributed by atoms with Crippen LogP contribution in [0.4, 0.5) is 24.7 Å². The number of carbonyl (C=O) groups excluding carboxylic acids is 1. The Morgan fingerprint density at radius 1 is 1.23 bits per heavy atom. The minimum absolute atomic E-state index is 0.000451. The van der Waals surface area contributed by atoms with Gasteiger partial charge in [0.05, 0.1) is 37.4 Å². The van der Waals surface area contributed by atoms with Crippen LogP contribution in [0.1, 0.15) is 30.5 Å². The monoisotopic (exact) mass is 613 g/mol. The summed E-state index contributed by atoms with van der Waals surface area (Å²) in [7, 11) is 3.99. The molecular weight excluding hydrogens is 575 g/mol. The lowest BCUT2D eigenvalue weighted by atomic mass is 9.88. The van der Waals surface area contributed by atoms with E-state index in [1.165, 1.54) is 23.1 Å². The Morgan fingerprint density at radius 3 is 2.66 bits per heavy atom. The van der Waals surface area contributed by atoms with Gasteiger partial charge in [-0.25, -0.2) is 13.2 Å². The average molecular weight is 614 g/mol. The number of hydrogen-bond acceptors (Lipinski definition) is 9. The smallest absolute Gasteiger partial charge is 0.318 e. The van der Waals surface area contributed by atoms with Gasteiger partial charge < -0.3 is 29.1 Å². The molecule has 0 N–H and O–H groups in total. The van der Waals surface area contributed by atoms with E-state index in [2.05, 4.69) is 17.5 Å². The second-order valence-electron chi connectivity index (χ2n) is 12.0. The molecule has 10 nitrogen and oxygen atoms in total. The molecule has 5 rings (SSSR count). The molecule has 13 heteroatoms. The number of benzene rings is 1. The summed E-state index contributed by atoms with van der Waals surface area (Å²) in [6.07, 6.45) is 1.94. The van der Waals surface area contributed by atoms with Crippen LogP contribution >= 0.6 is 0 Å². The van der Waals surface area contributed by atoms with E-state index < -0.39 is 29.4 Å². The van der Waals surface area contributed by atoms with E-state index in [0.29, 0.717) is 57.3 Å². The van der Waals surface area contributed by atoms with E-state index in [0.717, 1.165) is 18.5 Å². The highest BCUT2D eigenvalue weighted by Crippen LogP contribution is 2.35. The molecule has 2 fully saturated rings. The lowest BCUT2D eigenvalue weighted by Crippen LogP contribution is -2.55. The van der Waals surface area contributed by atoms with Crippen LogP contribution in [0.2, 0.25) is 0 Å². The van der Waals surface area contributed by atoms with Crippen molar-refractivity contribution in [1.82, 2.24) is 19.8 Å². The predicted molar refractivity (Wildman–Crippen MR) is 158 cm³/mol. The van der Waals surface area contributed by atoms with Gasteiger partial charge in [-0.3, -0.25) is 4.79 Å². The first-order chi connectivity index (χ1) is 21.1. The van der Waals surface area contributed by atoms with Crippen LogP contribution in [0.3, 0.4) is 0 Å². The Kier molecular flexibility index (Phi) is 9.60. The van der Waals surface area contributed by atoms with Crippen molar-refractivity contribution in [2.75, 3.05) is 76.4 Å². The van der Waals surface area contributed by atoms with E-state index >= 15 is 0 Å². The molecule has 1 aromatic heterocycles. The molecule has 236 valence electrons. The van der Waals surface area contributed by atoms with Gasteiger partial charge in [0.1, 0.15) is 29.7 Å². The maximum absolute atomic E-state index is 14.9. The zero-order valence-corrected chi connectivity index (χ0v) is 25.2. The number of fused-ring (bicyclic) bond motifs is 1. The highest BCUT2D eigenvalue weighted by molar-refractivity contribution is 5.91. The van der Waals surface area contributed by atoms with Crippen LogP contribution in [0.25, 0.3) is 0 Å². The summed E-state index contributed by atoms with van der Waals surface area (Å²) in [5.74, 6) is -2.63. The maximum atomic E-state index is 14.9. The minimum atomic E-state index is -1.07. The number of hydrogen-bond donors (Lipinski definition) is 0. The molecule has 0 aliphatic carbocycles. The Balaban J connectivity index is 1.51. The molecule has 3 aliphatic rings. The Morgan fingerprint density at radius 2 is 2.00 bits per heavy atom. The predicted octanol–water partition coefficient (Wildman–Crippen LogP) is 3.47. The van der Waals surface area contributed by atoms with E-state index in [1.54, 1.807) is 4.90 Å². The molecule has 0 bridgehead atoms. The molecule has 0 radical (unpaired) electrons. The fraction of sp³-hybridized carbons (Fsp3) is 0.548. The van der Waals surface area contributed by atoms with E-state index in [1.807, 2.05) is 19.0 Å². The van der Waals surface area contributed by atoms with Gasteiger partial charge in [0.25, 0.3) is 5.91 Å². The molecule has 1 aromatic carbocycles. The third-order valence-corrected chi connectivity index (χ3v) is 8.45. The number of anilines is 2. The first-order valence-corrected chi connectivity index (χ1v) is 14.8. The SMILES string of the molecule is C=C(F)C(=O)N1CCN(c2nc(OCC3(CN(C)C)CCOC3)nc3c2CCCN(c2c(F)cccc2F)C3)C[C@@H]1CC#N. The van der Waals surface area contributed by atoms with Crippen LogP contribution in [0.15, 0.2) is 30.6 Å². The summed E-state index contributed by atoms with van der Waals surface area (Å²) in [6.45, 7) is 6.62. The van der Waals surface area contributed by atoms with Crippen molar-refractivity contribution in [2.45, 2.75) is 38.3 Å². The van der Waals surface area contributed by atoms with Crippen molar-refractivity contribution in [1.29, 1.82) is 5.26 Å². The second kappa shape index (κ2) is 13.4. The molecule has 4 heterocycles. The van der Waals surface area contributed by atoms with Crippen LogP contribution in [0.5, 0.6) is 6.01 Å². The first kappa shape index (κ1) is 31.5. The van der Waals surface area contributed by atoms with Crippen molar-refractivity contribution in [3.63, 3.8) is 0 Å². The van der Waals surface area contributed by atoms with Gasteiger partial charge in [0, 0.05) is 50.3 Å². The summed E-state index contributed by atoms with van der Waals surface area (Å²) in [4.78, 5) is 29.2. The number of aromatic nitrogens is 2. The van der Waals surface area contributed by atoms with E-state index in [9.17, 15) is 23.2 Å². The summed E-state index contributed by atoms with van der Waals surface area (Å²) in [6, 6.07) is 5.45. The Hall–Kier alpha value is -3.89. The molecule has 2 atom stereocenters. The topological polar surface area (TPSA) is 98.1 Å². The standard InChI is InChI=1S/C31H38F3N7O3/c1-21(32)29(42)41-14-13-40(16-22(41)9-11-35)28-23-6-5-12-39(27-24(33)7-4-8-25(27)34)17-26(23)36-30(37-28)44-20-31(18-38(2)3)10-15-43-19-31/h4,7-8,22H,1,5-6,9-10,12-20H2,2-3H3/t22-,31?/m0/s1. The van der Waals surface area contributed by atoms with Gasteiger partial charge in [-0.1, -0.05) is 12.6 Å². The van der Waals surface area contributed by atoms with Crippen molar-refractivity contribution < 1.29 is 27.4 Å². The zero-order valence-electron chi connectivity index (χ0n) is 25.2. The van der Waals surface area contributed by atoms with Gasteiger partial charge in [-0.2, -0.15) is 15.2 Å². The molecule has 0 spiro atoms. The average Bonchev–Trinajstić information content (AvgIpc) is 3.33. The van der Waals surface area contributed by atoms with Crippen molar-refractivity contribution in [2.24, 2.45) is 5.41 Å². The third kappa shape index (κ3) is 6.76. The molecule has 44 heavy (non-hydrogen) atoms. The molecule has 2 saturated heterocycles. The number of ether oxygens (including phenoxy) is 2. The number of rotatable bonds is 9. The van der Waals surface area contributed by atoms with Gasteiger partial charge >= 0.3 is 6.01 Å². The number of piperazine rings is 1. The lowest BCUT2D eigenvalue weighted by Gasteiger charge is -2.41. The quantitative estimate of drug-likeness (QED) is 0.394. The number of para-hydroxylation sites is 1. The van der Waals surface area contributed by atoms with E-state index in [4.69, 9.17) is 19.4 Å². The maximum Gasteiger partial charge on any atom is 0.318 e.